The standard InChI is InChI=1S/C16H15N3O4S/c1-23-14-6-4-13(5-7-14)16-17-11-19(18-16)24(21,22)15-8-2-12(10-20)3-9-15/h2-9,11,20H,10H2,1H3. The Hall–Kier alpha value is -2.71. The largest absolute Gasteiger partial charge is 0.497 e. The average Bonchev–Trinajstić information content (AvgIpc) is 3.13. The molecular formula is C16H15N3O4S. The van der Waals surface area contributed by atoms with Crippen molar-refractivity contribution < 1.29 is 18.3 Å². The fraction of sp³-hybridized carbons (Fsp3) is 0.125. The SMILES string of the molecule is COc1ccc(-c2ncn(S(=O)(=O)c3ccc(CO)cc3)n2)cc1. The summed E-state index contributed by atoms with van der Waals surface area (Å²) in [6.45, 7) is -0.148. The van der Waals surface area contributed by atoms with Crippen molar-refractivity contribution in [2.45, 2.75) is 11.5 Å². The topological polar surface area (TPSA) is 94.3 Å². The first kappa shape index (κ1) is 16.2. The van der Waals surface area contributed by atoms with E-state index in [1.165, 1.54) is 12.1 Å². The van der Waals surface area contributed by atoms with E-state index in [4.69, 9.17) is 9.84 Å². The van der Waals surface area contributed by atoms with Crippen molar-refractivity contribution in [1.29, 1.82) is 0 Å². The first-order valence-corrected chi connectivity index (χ1v) is 8.50. The summed E-state index contributed by atoms with van der Waals surface area (Å²) in [6.07, 6.45) is 1.16. The van der Waals surface area contributed by atoms with Crippen molar-refractivity contribution in [2.75, 3.05) is 7.11 Å². The predicted molar refractivity (Wildman–Crippen MR) is 87.0 cm³/mol. The number of nitrogens with zero attached hydrogens (tertiary/aromatic N) is 3. The van der Waals surface area contributed by atoms with Gasteiger partial charge in [0.1, 0.15) is 12.1 Å². The minimum absolute atomic E-state index is 0.0749. The second-order valence-corrected chi connectivity index (χ2v) is 6.77. The van der Waals surface area contributed by atoms with Crippen LogP contribution in [0.4, 0.5) is 0 Å². The molecule has 0 spiro atoms. The normalized spacial score (nSPS) is 11.4. The highest BCUT2D eigenvalue weighted by atomic mass is 32.2. The lowest BCUT2D eigenvalue weighted by Gasteiger charge is -2.04. The van der Waals surface area contributed by atoms with Crippen LogP contribution in [-0.4, -0.2) is 34.8 Å². The van der Waals surface area contributed by atoms with Crippen LogP contribution < -0.4 is 4.74 Å². The van der Waals surface area contributed by atoms with Gasteiger partial charge < -0.3 is 9.84 Å². The highest BCUT2D eigenvalue weighted by molar-refractivity contribution is 7.89. The van der Waals surface area contributed by atoms with Crippen molar-refractivity contribution in [3.05, 3.63) is 60.4 Å². The summed E-state index contributed by atoms with van der Waals surface area (Å²) in [6, 6.07) is 13.0. The van der Waals surface area contributed by atoms with Gasteiger partial charge in [0.05, 0.1) is 18.6 Å². The van der Waals surface area contributed by atoms with Crippen LogP contribution in [0.1, 0.15) is 5.56 Å². The van der Waals surface area contributed by atoms with Crippen LogP contribution in [0.2, 0.25) is 0 Å². The van der Waals surface area contributed by atoms with E-state index in [1.54, 1.807) is 43.5 Å². The van der Waals surface area contributed by atoms with Crippen LogP contribution in [0.3, 0.4) is 0 Å². The van der Waals surface area contributed by atoms with Crippen molar-refractivity contribution in [3.8, 4) is 17.1 Å². The molecule has 0 saturated carbocycles. The Kier molecular flexibility index (Phi) is 4.32. The Morgan fingerprint density at radius 3 is 2.33 bits per heavy atom. The molecule has 0 radical (unpaired) electrons. The van der Waals surface area contributed by atoms with Gasteiger partial charge in [-0.2, -0.15) is 8.42 Å². The quantitative estimate of drug-likeness (QED) is 0.756. The molecule has 7 nitrogen and oxygen atoms in total. The van der Waals surface area contributed by atoms with Crippen molar-refractivity contribution in [1.82, 2.24) is 14.2 Å². The summed E-state index contributed by atoms with van der Waals surface area (Å²) in [5.74, 6) is 0.989. The molecule has 0 aliphatic heterocycles. The molecule has 1 heterocycles. The molecule has 1 aromatic heterocycles. The smallest absolute Gasteiger partial charge is 0.284 e. The van der Waals surface area contributed by atoms with Crippen LogP contribution in [-0.2, 0) is 16.6 Å². The van der Waals surface area contributed by atoms with Gasteiger partial charge in [0.15, 0.2) is 5.82 Å². The maximum absolute atomic E-state index is 12.6. The van der Waals surface area contributed by atoms with Crippen molar-refractivity contribution >= 4 is 10.0 Å². The summed E-state index contributed by atoms with van der Waals surface area (Å²) in [7, 11) is -2.26. The monoisotopic (exact) mass is 345 g/mol. The zero-order chi connectivity index (χ0) is 17.2. The third kappa shape index (κ3) is 3.01. The van der Waals surface area contributed by atoms with E-state index in [0.29, 0.717) is 22.7 Å². The van der Waals surface area contributed by atoms with Gasteiger partial charge in [-0.3, -0.25) is 0 Å². The second kappa shape index (κ2) is 6.42. The average molecular weight is 345 g/mol. The van der Waals surface area contributed by atoms with Gasteiger partial charge in [0.2, 0.25) is 0 Å². The highest BCUT2D eigenvalue weighted by Crippen LogP contribution is 2.20. The molecule has 1 N–H and O–H groups in total. The van der Waals surface area contributed by atoms with Crippen LogP contribution in [0.15, 0.2) is 59.8 Å². The number of hydrogen-bond acceptors (Lipinski definition) is 6. The fourth-order valence-corrected chi connectivity index (χ4v) is 3.16. The molecule has 124 valence electrons. The molecule has 8 heteroatoms. The zero-order valence-electron chi connectivity index (χ0n) is 12.8. The molecule has 0 fully saturated rings. The highest BCUT2D eigenvalue weighted by Gasteiger charge is 2.19. The predicted octanol–water partition coefficient (Wildman–Crippen LogP) is 1.68. The second-order valence-electron chi connectivity index (χ2n) is 4.98. The number of benzene rings is 2. The molecule has 0 atom stereocenters. The van der Waals surface area contributed by atoms with E-state index in [2.05, 4.69) is 10.1 Å². The molecule has 0 bridgehead atoms. The van der Waals surface area contributed by atoms with Gasteiger partial charge in [-0.1, -0.05) is 12.1 Å². The number of aromatic nitrogens is 3. The van der Waals surface area contributed by atoms with Crippen LogP contribution >= 0.6 is 0 Å². The number of methoxy groups -OCH3 is 1. The van der Waals surface area contributed by atoms with E-state index in [1.807, 2.05) is 0 Å². The molecule has 24 heavy (non-hydrogen) atoms. The number of aliphatic hydroxyl groups excluding tert-OH is 1. The van der Waals surface area contributed by atoms with E-state index in [0.717, 1.165) is 10.4 Å². The Labute approximate surface area is 139 Å². The summed E-state index contributed by atoms with van der Waals surface area (Å²) in [4.78, 5) is 4.13. The zero-order valence-corrected chi connectivity index (χ0v) is 13.6. The first-order valence-electron chi connectivity index (χ1n) is 7.06. The lowest BCUT2D eigenvalue weighted by Crippen LogP contribution is -2.13. The van der Waals surface area contributed by atoms with E-state index < -0.39 is 10.0 Å². The van der Waals surface area contributed by atoms with Gasteiger partial charge in [-0.25, -0.2) is 4.98 Å². The van der Waals surface area contributed by atoms with Gasteiger partial charge in [-0.15, -0.1) is 9.19 Å². The first-order chi connectivity index (χ1) is 11.5. The van der Waals surface area contributed by atoms with Gasteiger partial charge in [0.25, 0.3) is 10.0 Å². The van der Waals surface area contributed by atoms with E-state index >= 15 is 0 Å². The Bertz CT molecular complexity index is 932. The molecule has 2 aromatic carbocycles. The molecule has 0 aliphatic rings. The van der Waals surface area contributed by atoms with Crippen LogP contribution in [0, 0.1) is 0 Å². The Morgan fingerprint density at radius 1 is 1.08 bits per heavy atom. The summed E-state index contributed by atoms with van der Waals surface area (Å²) >= 11 is 0. The van der Waals surface area contributed by atoms with Gasteiger partial charge >= 0.3 is 0 Å². The lowest BCUT2D eigenvalue weighted by molar-refractivity contribution is 0.282. The maximum Gasteiger partial charge on any atom is 0.284 e. The third-order valence-corrected chi connectivity index (χ3v) is 5.01. The molecule has 0 unspecified atom stereocenters. The van der Waals surface area contributed by atoms with E-state index in [9.17, 15) is 8.42 Å². The molecule has 3 rings (SSSR count). The van der Waals surface area contributed by atoms with Gasteiger partial charge in [-0.05, 0) is 42.0 Å². The minimum Gasteiger partial charge on any atom is -0.497 e. The summed E-state index contributed by atoms with van der Waals surface area (Å²) < 4.78 is 31.0. The molecule has 0 saturated heterocycles. The molecule has 3 aromatic rings. The number of hydrogen-bond donors (Lipinski definition) is 1. The minimum atomic E-state index is -3.83. The van der Waals surface area contributed by atoms with Crippen molar-refractivity contribution in [3.63, 3.8) is 0 Å². The third-order valence-electron chi connectivity index (χ3n) is 3.47. The van der Waals surface area contributed by atoms with Crippen LogP contribution in [0.25, 0.3) is 11.4 Å². The van der Waals surface area contributed by atoms with E-state index in [-0.39, 0.29) is 11.5 Å². The Morgan fingerprint density at radius 2 is 1.75 bits per heavy atom. The van der Waals surface area contributed by atoms with Gasteiger partial charge in [0, 0.05) is 5.56 Å². The van der Waals surface area contributed by atoms with Crippen LogP contribution in [0.5, 0.6) is 5.75 Å². The number of rotatable bonds is 5. The molecular weight excluding hydrogens is 330 g/mol. The number of ether oxygens (including phenoxy) is 1. The summed E-state index contributed by atoms with van der Waals surface area (Å²) in [5, 5.41) is 13.1. The lowest BCUT2D eigenvalue weighted by atomic mass is 10.2. The fourth-order valence-electron chi connectivity index (χ4n) is 2.11. The molecule has 0 amide bonds. The summed E-state index contributed by atoms with van der Waals surface area (Å²) in [5.41, 5.74) is 1.31. The molecule has 0 aliphatic carbocycles. The number of aliphatic hydroxyl groups is 1. The maximum atomic E-state index is 12.6. The van der Waals surface area contributed by atoms with Crippen molar-refractivity contribution in [2.24, 2.45) is 0 Å². The Balaban J connectivity index is 1.93.